The van der Waals surface area contributed by atoms with E-state index in [-0.39, 0.29) is 0 Å². The molecule has 0 spiro atoms. The van der Waals surface area contributed by atoms with Crippen LogP contribution in [0.2, 0.25) is 0 Å². The number of azo groups is 1. The molecule has 5 aromatic carbocycles. The molecule has 0 radical (unpaired) electrons. The molecule has 7 heteroatoms. The van der Waals surface area contributed by atoms with Crippen LogP contribution >= 0.6 is 0 Å². The van der Waals surface area contributed by atoms with Crippen LogP contribution in [0.3, 0.4) is 0 Å². The van der Waals surface area contributed by atoms with Crippen LogP contribution in [-0.2, 0) is 6.42 Å². The zero-order valence-corrected chi connectivity index (χ0v) is 27.4. The number of hydrogen-bond acceptors (Lipinski definition) is 5. The number of fused-ring (bicyclic) bond motifs is 9. The van der Waals surface area contributed by atoms with Crippen LogP contribution in [0.15, 0.2) is 160 Å². The fourth-order valence-electron chi connectivity index (χ4n) is 7.86. The van der Waals surface area contributed by atoms with Crippen molar-refractivity contribution in [2.24, 2.45) is 10.2 Å². The van der Waals surface area contributed by atoms with Crippen molar-refractivity contribution in [1.29, 1.82) is 0 Å². The molecule has 1 aliphatic rings. The topological polar surface area (TPSA) is 73.5 Å². The molecule has 1 aliphatic heterocycles. The number of furan rings is 1. The normalized spacial score (nSPS) is 12.9. The maximum atomic E-state index is 6.27. The van der Waals surface area contributed by atoms with Gasteiger partial charge in [-0.15, -0.1) is 5.11 Å². The van der Waals surface area contributed by atoms with Crippen molar-refractivity contribution in [3.05, 3.63) is 151 Å². The molecule has 6 heterocycles. The second-order valence-corrected chi connectivity index (χ2v) is 13.1. The second-order valence-electron chi connectivity index (χ2n) is 13.1. The molecule has 11 rings (SSSR count). The summed E-state index contributed by atoms with van der Waals surface area (Å²) in [5, 5.41) is 14.6. The highest BCUT2D eigenvalue weighted by molar-refractivity contribution is 6.11. The molecular formula is C44H28N6O. The molecule has 10 aromatic rings. The van der Waals surface area contributed by atoms with Crippen LogP contribution in [0.4, 0.5) is 5.82 Å². The molecule has 0 aliphatic carbocycles. The quantitative estimate of drug-likeness (QED) is 0.189. The molecule has 0 atom stereocenters. The van der Waals surface area contributed by atoms with Gasteiger partial charge in [-0.1, -0.05) is 78.9 Å². The Bertz CT molecular complexity index is 3020. The Hall–Kier alpha value is -6.86. The average Bonchev–Trinajstić information content (AvgIpc) is 3.85. The van der Waals surface area contributed by atoms with E-state index in [4.69, 9.17) is 14.4 Å². The second kappa shape index (κ2) is 10.8. The Morgan fingerprint density at radius 1 is 0.490 bits per heavy atom. The Kier molecular flexibility index (Phi) is 5.95. The van der Waals surface area contributed by atoms with Crippen molar-refractivity contribution in [2.75, 3.05) is 6.54 Å². The van der Waals surface area contributed by atoms with E-state index in [0.29, 0.717) is 6.54 Å². The number of nitrogens with zero attached hydrogens (tertiary/aromatic N) is 6. The van der Waals surface area contributed by atoms with Crippen molar-refractivity contribution in [3.63, 3.8) is 0 Å². The monoisotopic (exact) mass is 656 g/mol. The summed E-state index contributed by atoms with van der Waals surface area (Å²) in [7, 11) is 0. The third-order valence-corrected chi connectivity index (χ3v) is 10.2. The summed E-state index contributed by atoms with van der Waals surface area (Å²) in [4.78, 5) is 9.75. The van der Waals surface area contributed by atoms with Gasteiger partial charge in [-0.2, -0.15) is 5.11 Å². The third-order valence-electron chi connectivity index (χ3n) is 10.2. The van der Waals surface area contributed by atoms with Gasteiger partial charge in [0.2, 0.25) is 0 Å². The summed E-state index contributed by atoms with van der Waals surface area (Å²) < 4.78 is 10.8. The first-order valence-corrected chi connectivity index (χ1v) is 17.2. The van der Waals surface area contributed by atoms with E-state index in [2.05, 4.69) is 147 Å². The molecular weight excluding hydrogens is 629 g/mol. The fourth-order valence-corrected chi connectivity index (χ4v) is 7.86. The van der Waals surface area contributed by atoms with Gasteiger partial charge in [0.1, 0.15) is 0 Å². The minimum absolute atomic E-state index is 0.704. The van der Waals surface area contributed by atoms with E-state index < -0.39 is 0 Å². The highest BCUT2D eigenvalue weighted by Gasteiger charge is 2.22. The first kappa shape index (κ1) is 28.0. The average molecular weight is 657 g/mol. The number of pyridine rings is 2. The first-order valence-electron chi connectivity index (χ1n) is 17.2. The highest BCUT2D eigenvalue weighted by Crippen LogP contribution is 2.41. The standard InChI is InChI=1S/C44H28N6O/c1-3-9-29(10-4-1)49-39-14-8-7-13-31(39)32-17-15-27(21-40(32)49)37-23-35-36-24-38(46-26-43(36)51-42(35)25-45-37)28-16-18-33-34-19-20-47-48-44(34)50(41(33)22-28)30-11-5-2-6-12-30/h1-18,21-26H,19-20H2. The van der Waals surface area contributed by atoms with Gasteiger partial charge in [0.25, 0.3) is 0 Å². The Balaban J connectivity index is 1.06. The minimum atomic E-state index is 0.704. The SMILES string of the molecule is c1ccc(-n2c3c(c4ccc(-c5cc6c(cn5)oc5cnc(-c7ccc8c9ccccc9n(-c9ccccc9)c8c7)cc56)cc42)CCN=N3)cc1. The van der Waals surface area contributed by atoms with Crippen molar-refractivity contribution in [3.8, 4) is 33.9 Å². The molecule has 0 N–H and O–H groups in total. The van der Waals surface area contributed by atoms with Gasteiger partial charge in [0.05, 0.1) is 46.9 Å². The predicted molar refractivity (Wildman–Crippen MR) is 204 cm³/mol. The van der Waals surface area contributed by atoms with E-state index in [1.807, 2.05) is 18.5 Å². The highest BCUT2D eigenvalue weighted by atomic mass is 16.3. The summed E-state index contributed by atoms with van der Waals surface area (Å²) in [6.07, 6.45) is 4.53. The van der Waals surface area contributed by atoms with Crippen LogP contribution in [-0.4, -0.2) is 25.6 Å². The summed E-state index contributed by atoms with van der Waals surface area (Å²) in [5.74, 6) is 0.909. The maximum absolute atomic E-state index is 6.27. The van der Waals surface area contributed by atoms with Crippen molar-refractivity contribution < 1.29 is 4.42 Å². The first-order chi connectivity index (χ1) is 25.3. The number of hydrogen-bond donors (Lipinski definition) is 0. The zero-order chi connectivity index (χ0) is 33.5. The number of para-hydroxylation sites is 3. The smallest absolute Gasteiger partial charge is 0.163 e. The number of aromatic nitrogens is 4. The van der Waals surface area contributed by atoms with Crippen LogP contribution in [0.5, 0.6) is 0 Å². The molecule has 5 aromatic heterocycles. The third kappa shape index (κ3) is 4.25. The Morgan fingerprint density at radius 2 is 1.06 bits per heavy atom. The summed E-state index contributed by atoms with van der Waals surface area (Å²) >= 11 is 0. The summed E-state index contributed by atoms with van der Waals surface area (Å²) in [6, 6.07) is 47.0. The van der Waals surface area contributed by atoms with Gasteiger partial charge >= 0.3 is 0 Å². The van der Waals surface area contributed by atoms with Crippen molar-refractivity contribution in [2.45, 2.75) is 6.42 Å². The van der Waals surface area contributed by atoms with Crippen LogP contribution in [0.25, 0.3) is 88.5 Å². The van der Waals surface area contributed by atoms with Gasteiger partial charge in [-0.3, -0.25) is 14.5 Å². The maximum Gasteiger partial charge on any atom is 0.163 e. The van der Waals surface area contributed by atoms with Gasteiger partial charge in [-0.25, -0.2) is 0 Å². The lowest BCUT2D eigenvalue weighted by atomic mass is 10.0. The minimum Gasteiger partial charge on any atom is -0.453 e. The van der Waals surface area contributed by atoms with Gasteiger partial charge in [0.15, 0.2) is 17.0 Å². The van der Waals surface area contributed by atoms with Crippen LogP contribution < -0.4 is 0 Å². The molecule has 0 bridgehead atoms. The molecule has 7 nitrogen and oxygen atoms in total. The van der Waals surface area contributed by atoms with Crippen molar-refractivity contribution >= 4 is 60.5 Å². The summed E-state index contributed by atoms with van der Waals surface area (Å²) in [6.45, 7) is 0.704. The van der Waals surface area contributed by atoms with Gasteiger partial charge < -0.3 is 8.98 Å². The van der Waals surface area contributed by atoms with E-state index in [9.17, 15) is 0 Å². The lowest BCUT2D eigenvalue weighted by molar-refractivity contribution is 0.665. The van der Waals surface area contributed by atoms with E-state index in [1.165, 1.54) is 27.2 Å². The molecule has 0 amide bonds. The van der Waals surface area contributed by atoms with Crippen LogP contribution in [0, 0.1) is 0 Å². The molecule has 0 unspecified atom stereocenters. The van der Waals surface area contributed by atoms with E-state index in [0.717, 1.165) is 79.1 Å². The van der Waals surface area contributed by atoms with Gasteiger partial charge in [0, 0.05) is 55.0 Å². The number of benzene rings is 5. The largest absolute Gasteiger partial charge is 0.453 e. The van der Waals surface area contributed by atoms with E-state index >= 15 is 0 Å². The lowest BCUT2D eigenvalue weighted by Gasteiger charge is -2.10. The lowest BCUT2D eigenvalue weighted by Crippen LogP contribution is -1.97. The molecule has 0 saturated carbocycles. The molecule has 240 valence electrons. The summed E-state index contributed by atoms with van der Waals surface area (Å²) in [5.41, 5.74) is 12.1. The van der Waals surface area contributed by atoms with E-state index in [1.54, 1.807) is 0 Å². The molecule has 0 saturated heterocycles. The van der Waals surface area contributed by atoms with Gasteiger partial charge in [-0.05, 0) is 61.0 Å². The van der Waals surface area contributed by atoms with Crippen molar-refractivity contribution in [1.82, 2.24) is 19.1 Å². The number of rotatable bonds is 4. The predicted octanol–water partition coefficient (Wildman–Crippen LogP) is 11.4. The Morgan fingerprint density at radius 3 is 1.75 bits per heavy atom. The molecule has 0 fully saturated rings. The van der Waals surface area contributed by atoms with Crippen LogP contribution in [0.1, 0.15) is 5.56 Å². The Labute approximate surface area is 291 Å². The zero-order valence-electron chi connectivity index (χ0n) is 27.4. The molecule has 51 heavy (non-hydrogen) atoms. The fraction of sp³-hybridized carbons (Fsp3) is 0.0455.